The highest BCUT2D eigenvalue weighted by atomic mass is 127. The summed E-state index contributed by atoms with van der Waals surface area (Å²) in [6, 6.07) is 0. The molecule has 1 heterocycles. The van der Waals surface area contributed by atoms with Crippen LogP contribution in [-0.2, 0) is 10.8 Å². The highest BCUT2D eigenvalue weighted by molar-refractivity contribution is 14.0. The number of halogens is 1. The van der Waals surface area contributed by atoms with Crippen LogP contribution in [0.1, 0.15) is 40.5 Å². The zero-order valence-electron chi connectivity index (χ0n) is 13.8. The van der Waals surface area contributed by atoms with E-state index in [4.69, 9.17) is 0 Å². The first kappa shape index (κ1) is 21.5. The smallest absolute Gasteiger partial charge is 0.191 e. The number of hydrogen-bond acceptors (Lipinski definition) is 3. The standard InChI is InChI=1S/C14H29N3OS2.HI/c1-13(2,3)20(18)10-8-16-12(15-5)17-11-14(4)7-6-9-19-14;/h6-11H2,1-5H3,(H2,15,16,17);1H. The van der Waals surface area contributed by atoms with Gasteiger partial charge < -0.3 is 10.6 Å². The molecule has 21 heavy (non-hydrogen) atoms. The van der Waals surface area contributed by atoms with Gasteiger partial charge in [-0.25, -0.2) is 0 Å². The Morgan fingerprint density at radius 3 is 2.52 bits per heavy atom. The minimum absolute atomic E-state index is 0. The number of hydrogen-bond donors (Lipinski definition) is 2. The summed E-state index contributed by atoms with van der Waals surface area (Å²) in [7, 11) is 0.959. The van der Waals surface area contributed by atoms with Crippen molar-refractivity contribution in [2.24, 2.45) is 4.99 Å². The Morgan fingerprint density at radius 1 is 1.38 bits per heavy atom. The second-order valence-corrected chi connectivity index (χ2v) is 10.4. The van der Waals surface area contributed by atoms with Gasteiger partial charge in [0.05, 0.1) is 0 Å². The van der Waals surface area contributed by atoms with Gasteiger partial charge in [-0.1, -0.05) is 0 Å². The van der Waals surface area contributed by atoms with Gasteiger partial charge in [0.2, 0.25) is 0 Å². The van der Waals surface area contributed by atoms with Crippen molar-refractivity contribution >= 4 is 52.5 Å². The topological polar surface area (TPSA) is 53.5 Å². The summed E-state index contributed by atoms with van der Waals surface area (Å²) in [6.45, 7) is 9.95. The van der Waals surface area contributed by atoms with Crippen molar-refractivity contribution < 1.29 is 4.21 Å². The number of aliphatic imine (C=N–C) groups is 1. The van der Waals surface area contributed by atoms with Gasteiger partial charge in [-0.05, 0) is 46.3 Å². The summed E-state index contributed by atoms with van der Waals surface area (Å²) >= 11 is 2.04. The van der Waals surface area contributed by atoms with Crippen molar-refractivity contribution in [2.45, 2.75) is 50.0 Å². The minimum Gasteiger partial charge on any atom is -0.355 e. The molecule has 1 aliphatic rings. The molecule has 0 bridgehead atoms. The maximum atomic E-state index is 12.0. The molecule has 1 saturated heterocycles. The van der Waals surface area contributed by atoms with Crippen molar-refractivity contribution in [3.63, 3.8) is 0 Å². The van der Waals surface area contributed by atoms with Gasteiger partial charge in [-0.15, -0.1) is 24.0 Å². The molecule has 2 atom stereocenters. The highest BCUT2D eigenvalue weighted by Crippen LogP contribution is 2.36. The van der Waals surface area contributed by atoms with Crippen LogP contribution >= 0.6 is 35.7 Å². The third-order valence-corrected chi connectivity index (χ3v) is 6.90. The van der Waals surface area contributed by atoms with Crippen LogP contribution in [0.2, 0.25) is 0 Å². The number of nitrogens with zero attached hydrogens (tertiary/aromatic N) is 1. The molecule has 1 rings (SSSR count). The zero-order valence-corrected chi connectivity index (χ0v) is 17.8. The predicted molar refractivity (Wildman–Crippen MR) is 108 cm³/mol. The monoisotopic (exact) mass is 447 g/mol. The summed E-state index contributed by atoms with van der Waals surface area (Å²) in [5.74, 6) is 2.72. The van der Waals surface area contributed by atoms with Crippen LogP contribution in [0.25, 0.3) is 0 Å². The molecule has 1 aliphatic heterocycles. The molecular weight excluding hydrogens is 417 g/mol. The molecule has 1 fully saturated rings. The van der Waals surface area contributed by atoms with Gasteiger partial charge in [0.15, 0.2) is 5.96 Å². The third kappa shape index (κ3) is 8.06. The largest absolute Gasteiger partial charge is 0.355 e. The molecule has 126 valence electrons. The van der Waals surface area contributed by atoms with Crippen molar-refractivity contribution in [1.29, 1.82) is 0 Å². The van der Waals surface area contributed by atoms with Gasteiger partial charge in [-0.3, -0.25) is 9.20 Å². The number of rotatable bonds is 5. The normalized spacial score (nSPS) is 24.3. The lowest BCUT2D eigenvalue weighted by molar-refractivity contribution is 0.585. The summed E-state index contributed by atoms with van der Waals surface area (Å²) in [5.41, 5.74) is 0. The maximum absolute atomic E-state index is 12.0. The van der Waals surface area contributed by atoms with Crippen molar-refractivity contribution in [2.75, 3.05) is 31.6 Å². The first-order chi connectivity index (χ1) is 9.27. The van der Waals surface area contributed by atoms with E-state index in [-0.39, 0.29) is 28.7 Å². The summed E-state index contributed by atoms with van der Waals surface area (Å²) in [6.07, 6.45) is 2.56. The van der Waals surface area contributed by atoms with Crippen molar-refractivity contribution in [3.8, 4) is 0 Å². The Hall–Kier alpha value is 0.500. The van der Waals surface area contributed by atoms with E-state index in [1.54, 1.807) is 7.05 Å². The highest BCUT2D eigenvalue weighted by Gasteiger charge is 2.29. The van der Waals surface area contributed by atoms with Crippen molar-refractivity contribution in [1.82, 2.24) is 10.6 Å². The second kappa shape index (κ2) is 9.60. The van der Waals surface area contributed by atoms with E-state index in [2.05, 4.69) is 22.5 Å². The second-order valence-electron chi connectivity index (χ2n) is 6.42. The molecule has 0 radical (unpaired) electrons. The summed E-state index contributed by atoms with van der Waals surface area (Å²) in [4.78, 5) is 4.23. The fraction of sp³-hybridized carbons (Fsp3) is 0.929. The molecule has 0 aliphatic carbocycles. The summed E-state index contributed by atoms with van der Waals surface area (Å²) in [5, 5.41) is 6.63. The third-order valence-electron chi connectivity index (χ3n) is 3.42. The zero-order chi connectivity index (χ0) is 15.2. The first-order valence-electron chi connectivity index (χ1n) is 7.24. The lowest BCUT2D eigenvalue weighted by atomic mass is 10.1. The van der Waals surface area contributed by atoms with E-state index in [1.165, 1.54) is 18.6 Å². The van der Waals surface area contributed by atoms with Crippen LogP contribution in [0.15, 0.2) is 4.99 Å². The molecule has 4 nitrogen and oxygen atoms in total. The molecular formula is C14H30IN3OS2. The van der Waals surface area contributed by atoms with E-state index in [0.29, 0.717) is 17.0 Å². The minimum atomic E-state index is -0.819. The van der Waals surface area contributed by atoms with E-state index < -0.39 is 10.8 Å². The van der Waals surface area contributed by atoms with Crippen LogP contribution in [0.5, 0.6) is 0 Å². The van der Waals surface area contributed by atoms with E-state index >= 15 is 0 Å². The van der Waals surface area contributed by atoms with Gasteiger partial charge in [0.25, 0.3) is 0 Å². The van der Waals surface area contributed by atoms with Crippen LogP contribution in [0, 0.1) is 0 Å². The van der Waals surface area contributed by atoms with Crippen LogP contribution in [0.3, 0.4) is 0 Å². The molecule has 0 saturated carbocycles. The quantitative estimate of drug-likeness (QED) is 0.387. The fourth-order valence-corrected chi connectivity index (χ4v) is 4.18. The predicted octanol–water partition coefficient (Wildman–Crippen LogP) is 2.60. The molecule has 2 N–H and O–H groups in total. The molecule has 0 aromatic rings. The van der Waals surface area contributed by atoms with Gasteiger partial charge in [-0.2, -0.15) is 11.8 Å². The molecule has 0 amide bonds. The SMILES string of the molecule is CN=C(NCCS(=O)C(C)(C)C)NCC1(C)CCCS1.I. The fourth-order valence-electron chi connectivity index (χ4n) is 2.04. The lowest BCUT2D eigenvalue weighted by Gasteiger charge is -2.24. The van der Waals surface area contributed by atoms with E-state index in [1.807, 2.05) is 32.5 Å². The van der Waals surface area contributed by atoms with Crippen molar-refractivity contribution in [3.05, 3.63) is 0 Å². The molecule has 0 spiro atoms. The van der Waals surface area contributed by atoms with Gasteiger partial charge in [0, 0.05) is 46.2 Å². The summed E-state index contributed by atoms with van der Waals surface area (Å²) < 4.78 is 12.1. The molecule has 0 aromatic carbocycles. The van der Waals surface area contributed by atoms with Crippen LogP contribution in [0.4, 0.5) is 0 Å². The number of thioether (sulfide) groups is 1. The molecule has 2 unspecified atom stereocenters. The lowest BCUT2D eigenvalue weighted by Crippen LogP contribution is -2.45. The van der Waals surface area contributed by atoms with Crippen LogP contribution in [-0.4, -0.2) is 51.3 Å². The maximum Gasteiger partial charge on any atom is 0.191 e. The van der Waals surface area contributed by atoms with Gasteiger partial charge in [0.1, 0.15) is 0 Å². The Bertz CT molecular complexity index is 364. The Labute approximate surface area is 153 Å². The Morgan fingerprint density at radius 2 is 2.05 bits per heavy atom. The Kier molecular flexibility index (Phi) is 9.83. The first-order valence-corrected chi connectivity index (χ1v) is 9.54. The van der Waals surface area contributed by atoms with Crippen LogP contribution < -0.4 is 10.6 Å². The Balaban J connectivity index is 0.00000400. The average molecular weight is 447 g/mol. The number of nitrogens with one attached hydrogen (secondary N) is 2. The van der Waals surface area contributed by atoms with Gasteiger partial charge >= 0.3 is 0 Å². The van der Waals surface area contributed by atoms with E-state index in [9.17, 15) is 4.21 Å². The average Bonchev–Trinajstić information content (AvgIpc) is 2.79. The molecule has 0 aromatic heterocycles. The van der Waals surface area contributed by atoms with E-state index in [0.717, 1.165) is 12.5 Å². The number of guanidine groups is 1. The molecule has 7 heteroatoms.